The number of carbonyl (C=O) groups excluding carboxylic acids is 1. The number of hydrogen-bond acceptors (Lipinski definition) is 5. The van der Waals surface area contributed by atoms with Crippen LogP contribution < -0.4 is 15.5 Å². The smallest absolute Gasteiger partial charge is 0.382 e. The van der Waals surface area contributed by atoms with Crippen LogP contribution in [0.15, 0.2) is 60.7 Å². The van der Waals surface area contributed by atoms with Gasteiger partial charge >= 0.3 is 12.2 Å². The standard InChI is InChI=1S/C27H28F3N5O2/c28-27(29,30)21-6-2-5-20(17-21)23-8-9-24-25(33-23)35(11-3-10-31-24)26(36)32-22-7-1-4-19(16-22)18-34-12-14-37-15-13-34/h1-2,4-9,16-17,31H,3,10-15,18H2,(H,32,36). The molecule has 7 nitrogen and oxygen atoms in total. The van der Waals surface area contributed by atoms with Crippen molar-refractivity contribution in [2.24, 2.45) is 0 Å². The molecule has 2 aliphatic heterocycles. The van der Waals surface area contributed by atoms with E-state index in [-0.39, 0.29) is 6.03 Å². The fourth-order valence-electron chi connectivity index (χ4n) is 4.53. The lowest BCUT2D eigenvalue weighted by atomic mass is 10.1. The van der Waals surface area contributed by atoms with E-state index in [4.69, 9.17) is 4.74 Å². The van der Waals surface area contributed by atoms with Crippen molar-refractivity contribution in [1.29, 1.82) is 0 Å². The molecule has 194 valence electrons. The summed E-state index contributed by atoms with van der Waals surface area (Å²) in [6, 6.07) is 15.8. The second-order valence-electron chi connectivity index (χ2n) is 9.10. The maximum atomic E-state index is 13.4. The van der Waals surface area contributed by atoms with E-state index in [1.165, 1.54) is 6.07 Å². The molecule has 0 atom stereocenters. The van der Waals surface area contributed by atoms with E-state index in [0.29, 0.717) is 61.2 Å². The van der Waals surface area contributed by atoms with Gasteiger partial charge in [-0.15, -0.1) is 0 Å². The summed E-state index contributed by atoms with van der Waals surface area (Å²) in [5.74, 6) is 0.384. The van der Waals surface area contributed by atoms with E-state index in [0.717, 1.165) is 37.3 Å². The molecule has 1 aromatic heterocycles. The summed E-state index contributed by atoms with van der Waals surface area (Å²) in [6.45, 7) is 5.00. The van der Waals surface area contributed by atoms with Crippen molar-refractivity contribution in [3.63, 3.8) is 0 Å². The number of morpholine rings is 1. The molecule has 2 N–H and O–H groups in total. The Morgan fingerprint density at radius 1 is 1.03 bits per heavy atom. The van der Waals surface area contributed by atoms with Crippen LogP contribution in [0.5, 0.6) is 0 Å². The zero-order valence-electron chi connectivity index (χ0n) is 20.2. The third kappa shape index (κ3) is 6.03. The molecule has 0 radical (unpaired) electrons. The molecule has 0 unspecified atom stereocenters. The van der Waals surface area contributed by atoms with E-state index in [1.807, 2.05) is 24.3 Å². The number of halogens is 3. The molecular weight excluding hydrogens is 483 g/mol. The number of urea groups is 1. The predicted molar refractivity (Wildman–Crippen MR) is 137 cm³/mol. The summed E-state index contributed by atoms with van der Waals surface area (Å²) in [5, 5.41) is 6.24. The lowest BCUT2D eigenvalue weighted by molar-refractivity contribution is -0.137. The zero-order valence-corrected chi connectivity index (χ0v) is 20.2. The number of ether oxygens (including phenoxy) is 1. The number of carbonyl (C=O) groups is 1. The number of aromatic nitrogens is 1. The highest BCUT2D eigenvalue weighted by molar-refractivity contribution is 6.03. The first-order valence-electron chi connectivity index (χ1n) is 12.3. The number of amides is 2. The van der Waals surface area contributed by atoms with Crippen LogP contribution in [-0.4, -0.2) is 55.3 Å². The van der Waals surface area contributed by atoms with Gasteiger partial charge in [-0.1, -0.05) is 24.3 Å². The van der Waals surface area contributed by atoms with Crippen molar-refractivity contribution in [2.75, 3.05) is 54.9 Å². The van der Waals surface area contributed by atoms with Gasteiger partial charge in [-0.05, 0) is 48.4 Å². The molecule has 2 aliphatic rings. The highest BCUT2D eigenvalue weighted by atomic mass is 19.4. The van der Waals surface area contributed by atoms with Crippen LogP contribution >= 0.6 is 0 Å². The van der Waals surface area contributed by atoms with E-state index >= 15 is 0 Å². The quantitative estimate of drug-likeness (QED) is 0.487. The number of alkyl halides is 3. The molecule has 10 heteroatoms. The van der Waals surface area contributed by atoms with Crippen LogP contribution in [0.1, 0.15) is 17.5 Å². The zero-order chi connectivity index (χ0) is 25.8. The van der Waals surface area contributed by atoms with Gasteiger partial charge < -0.3 is 15.4 Å². The summed E-state index contributed by atoms with van der Waals surface area (Å²) >= 11 is 0. The number of fused-ring (bicyclic) bond motifs is 1. The highest BCUT2D eigenvalue weighted by Crippen LogP contribution is 2.34. The number of anilines is 3. The molecule has 5 rings (SSSR count). The highest BCUT2D eigenvalue weighted by Gasteiger charge is 2.31. The lowest BCUT2D eigenvalue weighted by Crippen LogP contribution is -2.36. The van der Waals surface area contributed by atoms with E-state index in [9.17, 15) is 18.0 Å². The Balaban J connectivity index is 1.37. The van der Waals surface area contributed by atoms with Gasteiger partial charge in [-0.25, -0.2) is 9.78 Å². The molecule has 3 heterocycles. The Kier molecular flexibility index (Phi) is 7.29. The van der Waals surface area contributed by atoms with Crippen molar-refractivity contribution >= 4 is 23.2 Å². The topological polar surface area (TPSA) is 69.7 Å². The number of benzene rings is 2. The number of nitrogens with one attached hydrogen (secondary N) is 2. The van der Waals surface area contributed by atoms with Gasteiger partial charge in [0.1, 0.15) is 0 Å². The molecule has 0 spiro atoms. The van der Waals surface area contributed by atoms with Crippen molar-refractivity contribution in [3.05, 3.63) is 71.8 Å². The Morgan fingerprint density at radius 3 is 2.65 bits per heavy atom. The van der Waals surface area contributed by atoms with Crippen LogP contribution in [0.25, 0.3) is 11.3 Å². The van der Waals surface area contributed by atoms with E-state index in [2.05, 4.69) is 20.5 Å². The van der Waals surface area contributed by atoms with Crippen molar-refractivity contribution in [2.45, 2.75) is 19.1 Å². The molecular formula is C27H28F3N5O2. The number of pyridine rings is 1. The fraction of sp³-hybridized carbons (Fsp3) is 0.333. The second kappa shape index (κ2) is 10.8. The minimum Gasteiger partial charge on any atom is -0.382 e. The lowest BCUT2D eigenvalue weighted by Gasteiger charge is -2.27. The minimum absolute atomic E-state index is 0.332. The van der Waals surface area contributed by atoms with Gasteiger partial charge in [0.15, 0.2) is 5.82 Å². The van der Waals surface area contributed by atoms with Gasteiger partial charge in [0, 0.05) is 44.0 Å². The first-order valence-corrected chi connectivity index (χ1v) is 12.3. The average molecular weight is 512 g/mol. The molecule has 0 aliphatic carbocycles. The molecule has 3 aromatic rings. The Bertz CT molecular complexity index is 1260. The molecule has 37 heavy (non-hydrogen) atoms. The van der Waals surface area contributed by atoms with Crippen LogP contribution in [0, 0.1) is 0 Å². The number of hydrogen-bond donors (Lipinski definition) is 2. The van der Waals surface area contributed by atoms with E-state index in [1.54, 1.807) is 23.1 Å². The summed E-state index contributed by atoms with van der Waals surface area (Å²) in [7, 11) is 0. The summed E-state index contributed by atoms with van der Waals surface area (Å²) < 4.78 is 45.1. The van der Waals surface area contributed by atoms with Gasteiger partial charge in [-0.2, -0.15) is 13.2 Å². The first-order chi connectivity index (χ1) is 17.9. The molecule has 2 amide bonds. The van der Waals surface area contributed by atoms with Crippen molar-refractivity contribution in [3.8, 4) is 11.3 Å². The van der Waals surface area contributed by atoms with Gasteiger partial charge in [0.25, 0.3) is 0 Å². The summed E-state index contributed by atoms with van der Waals surface area (Å²) in [6.07, 6.45) is -3.76. The molecule has 0 saturated carbocycles. The third-order valence-electron chi connectivity index (χ3n) is 6.42. The van der Waals surface area contributed by atoms with Gasteiger partial charge in [0.2, 0.25) is 0 Å². The predicted octanol–water partition coefficient (Wildman–Crippen LogP) is 5.45. The Hall–Kier alpha value is -3.63. The normalized spacial score (nSPS) is 16.5. The second-order valence-corrected chi connectivity index (χ2v) is 9.10. The molecule has 2 aromatic carbocycles. The Labute approximate surface area is 213 Å². The average Bonchev–Trinajstić information content (AvgIpc) is 3.11. The largest absolute Gasteiger partial charge is 0.416 e. The number of nitrogens with zero attached hydrogens (tertiary/aromatic N) is 3. The summed E-state index contributed by atoms with van der Waals surface area (Å²) in [5.41, 5.74) is 2.36. The van der Waals surface area contributed by atoms with Crippen molar-refractivity contribution < 1.29 is 22.7 Å². The Morgan fingerprint density at radius 2 is 1.84 bits per heavy atom. The number of rotatable bonds is 4. The molecule has 1 fully saturated rings. The maximum absolute atomic E-state index is 13.4. The SMILES string of the molecule is O=C(Nc1cccc(CN2CCOCC2)c1)N1CCCNc2ccc(-c3cccc(C(F)(F)F)c3)nc21. The summed E-state index contributed by atoms with van der Waals surface area (Å²) in [4.78, 5) is 21.9. The van der Waals surface area contributed by atoms with Crippen LogP contribution in [0.4, 0.5) is 35.2 Å². The van der Waals surface area contributed by atoms with E-state index < -0.39 is 11.7 Å². The van der Waals surface area contributed by atoms with Crippen molar-refractivity contribution in [1.82, 2.24) is 9.88 Å². The monoisotopic (exact) mass is 511 g/mol. The van der Waals surface area contributed by atoms with Crippen LogP contribution in [-0.2, 0) is 17.5 Å². The van der Waals surface area contributed by atoms with Gasteiger partial charge in [-0.3, -0.25) is 9.80 Å². The molecule has 0 bridgehead atoms. The van der Waals surface area contributed by atoms with Gasteiger partial charge in [0.05, 0.1) is 30.2 Å². The maximum Gasteiger partial charge on any atom is 0.416 e. The molecule has 1 saturated heterocycles. The first kappa shape index (κ1) is 25.0. The van der Waals surface area contributed by atoms with Crippen LogP contribution in [0.3, 0.4) is 0 Å². The fourth-order valence-corrected chi connectivity index (χ4v) is 4.53. The minimum atomic E-state index is -4.45. The third-order valence-corrected chi connectivity index (χ3v) is 6.42. The van der Waals surface area contributed by atoms with Crippen LogP contribution in [0.2, 0.25) is 0 Å².